The van der Waals surface area contributed by atoms with Gasteiger partial charge in [0.05, 0.1) is 27.4 Å². The van der Waals surface area contributed by atoms with E-state index in [-0.39, 0.29) is 11.8 Å². The number of ether oxygens (including phenoxy) is 4. The molecule has 2 aromatic carbocycles. The van der Waals surface area contributed by atoms with Crippen LogP contribution in [0.3, 0.4) is 0 Å². The molecule has 27 heavy (non-hydrogen) atoms. The molecule has 1 amide bonds. The first kappa shape index (κ1) is 18.9. The summed E-state index contributed by atoms with van der Waals surface area (Å²) in [7, 11) is 3.20. The number of fused-ring (bicyclic) bond motifs is 1. The monoisotopic (exact) mass is 371 g/mol. The normalized spacial score (nSPS) is 15.6. The molecule has 0 aromatic heterocycles. The number of hydrogen-bond acceptors (Lipinski definition) is 5. The van der Waals surface area contributed by atoms with Crippen LogP contribution in [0, 0.1) is 0 Å². The maximum atomic E-state index is 12.3. The average Bonchev–Trinajstić information content (AvgIpc) is 2.68. The lowest BCUT2D eigenvalue weighted by Gasteiger charge is -2.28. The molecule has 6 heteroatoms. The quantitative estimate of drug-likeness (QED) is 0.798. The number of carbonyl (C=O) groups excluding carboxylic acids is 1. The van der Waals surface area contributed by atoms with Crippen molar-refractivity contribution < 1.29 is 23.7 Å². The Labute approximate surface area is 159 Å². The van der Waals surface area contributed by atoms with Crippen LogP contribution in [0.1, 0.15) is 37.3 Å². The number of amides is 1. The van der Waals surface area contributed by atoms with E-state index in [1.807, 2.05) is 44.2 Å². The fourth-order valence-corrected chi connectivity index (χ4v) is 3.37. The molecule has 0 saturated heterocycles. The van der Waals surface area contributed by atoms with E-state index in [4.69, 9.17) is 18.9 Å². The molecule has 1 heterocycles. The molecule has 0 bridgehead atoms. The number of hydrogen-bond donors (Lipinski definition) is 1. The number of anilines is 1. The standard InChI is InChI=1S/C21H25NO5/c1-5-26-19-10-15-14(13-7-8-17(24-3)18(9-13)25-4)11-21(23)22-16(15)12-20(19)27-6-2/h7-10,12,14H,5-6,11H2,1-4H3,(H,22,23). The van der Waals surface area contributed by atoms with Gasteiger partial charge < -0.3 is 24.3 Å². The smallest absolute Gasteiger partial charge is 0.225 e. The molecule has 2 aromatic rings. The number of rotatable bonds is 7. The minimum absolute atomic E-state index is 0.0334. The van der Waals surface area contributed by atoms with Crippen LogP contribution in [0.25, 0.3) is 0 Å². The third-order valence-electron chi connectivity index (χ3n) is 4.56. The topological polar surface area (TPSA) is 66.0 Å². The molecule has 144 valence electrons. The second-order valence-electron chi connectivity index (χ2n) is 6.17. The van der Waals surface area contributed by atoms with E-state index in [1.54, 1.807) is 14.2 Å². The highest BCUT2D eigenvalue weighted by atomic mass is 16.5. The summed E-state index contributed by atoms with van der Waals surface area (Å²) in [5, 5.41) is 2.95. The summed E-state index contributed by atoms with van der Waals surface area (Å²) in [5.74, 6) is 2.46. The van der Waals surface area contributed by atoms with Crippen molar-refractivity contribution in [2.24, 2.45) is 0 Å². The fourth-order valence-electron chi connectivity index (χ4n) is 3.37. The summed E-state index contributed by atoms with van der Waals surface area (Å²) in [6.45, 7) is 4.90. The van der Waals surface area contributed by atoms with Crippen molar-refractivity contribution in [2.75, 3.05) is 32.8 Å². The molecule has 3 rings (SSSR count). The average molecular weight is 371 g/mol. The summed E-state index contributed by atoms with van der Waals surface area (Å²) in [5.41, 5.74) is 2.72. The Kier molecular flexibility index (Phi) is 5.74. The molecule has 0 spiro atoms. The highest BCUT2D eigenvalue weighted by molar-refractivity contribution is 5.96. The molecule has 1 atom stereocenters. The molecule has 1 aliphatic rings. The van der Waals surface area contributed by atoms with Gasteiger partial charge in [0.2, 0.25) is 5.91 Å². The van der Waals surface area contributed by atoms with E-state index < -0.39 is 0 Å². The van der Waals surface area contributed by atoms with Crippen molar-refractivity contribution in [3.63, 3.8) is 0 Å². The zero-order chi connectivity index (χ0) is 19.4. The van der Waals surface area contributed by atoms with Gasteiger partial charge in [-0.25, -0.2) is 0 Å². The summed E-state index contributed by atoms with van der Waals surface area (Å²) >= 11 is 0. The first-order chi connectivity index (χ1) is 13.1. The molecule has 1 aliphatic heterocycles. The predicted octanol–water partition coefficient (Wildman–Crippen LogP) is 3.98. The van der Waals surface area contributed by atoms with Gasteiger partial charge in [0, 0.05) is 24.1 Å². The van der Waals surface area contributed by atoms with Crippen LogP contribution in [-0.2, 0) is 4.79 Å². The van der Waals surface area contributed by atoms with Crippen LogP contribution in [-0.4, -0.2) is 33.3 Å². The van der Waals surface area contributed by atoms with Crippen LogP contribution in [0.4, 0.5) is 5.69 Å². The number of nitrogens with one attached hydrogen (secondary N) is 1. The van der Waals surface area contributed by atoms with Crippen molar-refractivity contribution in [3.05, 3.63) is 41.5 Å². The first-order valence-corrected chi connectivity index (χ1v) is 9.06. The maximum Gasteiger partial charge on any atom is 0.225 e. The lowest BCUT2D eigenvalue weighted by Crippen LogP contribution is -2.23. The molecule has 0 fully saturated rings. The Morgan fingerprint density at radius 3 is 2.22 bits per heavy atom. The Morgan fingerprint density at radius 1 is 0.926 bits per heavy atom. The second-order valence-corrected chi connectivity index (χ2v) is 6.17. The Morgan fingerprint density at radius 2 is 1.59 bits per heavy atom. The Bertz CT molecular complexity index is 834. The first-order valence-electron chi connectivity index (χ1n) is 9.06. The van der Waals surface area contributed by atoms with Crippen molar-refractivity contribution >= 4 is 11.6 Å². The van der Waals surface area contributed by atoms with Gasteiger partial charge in [-0.2, -0.15) is 0 Å². The second kappa shape index (κ2) is 8.20. The summed E-state index contributed by atoms with van der Waals surface area (Å²) < 4.78 is 22.2. The van der Waals surface area contributed by atoms with Gasteiger partial charge >= 0.3 is 0 Å². The lowest BCUT2D eigenvalue weighted by atomic mass is 9.84. The van der Waals surface area contributed by atoms with Crippen molar-refractivity contribution in [1.29, 1.82) is 0 Å². The summed E-state index contributed by atoms with van der Waals surface area (Å²) in [4.78, 5) is 12.3. The van der Waals surface area contributed by atoms with Gasteiger partial charge in [-0.05, 0) is 43.2 Å². The minimum atomic E-state index is -0.108. The van der Waals surface area contributed by atoms with E-state index in [9.17, 15) is 4.79 Å². The SMILES string of the molecule is CCOc1cc2c(cc1OCC)C(c1ccc(OC)c(OC)c1)CC(=O)N2. The van der Waals surface area contributed by atoms with Gasteiger partial charge in [0.15, 0.2) is 23.0 Å². The molecule has 0 radical (unpaired) electrons. The summed E-state index contributed by atoms with van der Waals surface area (Å²) in [6, 6.07) is 9.55. The molecule has 1 N–H and O–H groups in total. The molecule has 6 nitrogen and oxygen atoms in total. The van der Waals surface area contributed by atoms with Crippen molar-refractivity contribution in [1.82, 2.24) is 0 Å². The molecule has 1 unspecified atom stereocenters. The van der Waals surface area contributed by atoms with E-state index in [2.05, 4.69) is 5.32 Å². The summed E-state index contributed by atoms with van der Waals surface area (Å²) in [6.07, 6.45) is 0.349. The molecular formula is C21H25NO5. The maximum absolute atomic E-state index is 12.3. The van der Waals surface area contributed by atoms with E-state index in [0.717, 1.165) is 16.8 Å². The van der Waals surface area contributed by atoms with Crippen molar-refractivity contribution in [2.45, 2.75) is 26.2 Å². The van der Waals surface area contributed by atoms with Gasteiger partial charge in [-0.3, -0.25) is 4.79 Å². The third-order valence-corrected chi connectivity index (χ3v) is 4.56. The lowest BCUT2D eigenvalue weighted by molar-refractivity contribution is -0.116. The van der Waals surface area contributed by atoms with Crippen molar-refractivity contribution in [3.8, 4) is 23.0 Å². The van der Waals surface area contributed by atoms with Gasteiger partial charge in [0.25, 0.3) is 0 Å². The number of methoxy groups -OCH3 is 2. The van der Waals surface area contributed by atoms with E-state index in [0.29, 0.717) is 42.6 Å². The zero-order valence-electron chi connectivity index (χ0n) is 16.1. The van der Waals surface area contributed by atoms with Gasteiger partial charge in [-0.1, -0.05) is 6.07 Å². The highest BCUT2D eigenvalue weighted by Gasteiger charge is 2.29. The van der Waals surface area contributed by atoms with Crippen LogP contribution in [0.2, 0.25) is 0 Å². The van der Waals surface area contributed by atoms with E-state index >= 15 is 0 Å². The van der Waals surface area contributed by atoms with Crippen LogP contribution >= 0.6 is 0 Å². The number of carbonyl (C=O) groups is 1. The largest absolute Gasteiger partial charge is 0.493 e. The van der Waals surface area contributed by atoms with Crippen LogP contribution in [0.15, 0.2) is 30.3 Å². The van der Waals surface area contributed by atoms with Crippen LogP contribution < -0.4 is 24.3 Å². The third kappa shape index (κ3) is 3.79. The zero-order valence-corrected chi connectivity index (χ0v) is 16.1. The number of benzene rings is 2. The molecule has 0 saturated carbocycles. The Balaban J connectivity index is 2.09. The molecule has 0 aliphatic carbocycles. The van der Waals surface area contributed by atoms with Crippen LogP contribution in [0.5, 0.6) is 23.0 Å². The minimum Gasteiger partial charge on any atom is -0.493 e. The predicted molar refractivity (Wildman–Crippen MR) is 103 cm³/mol. The van der Waals surface area contributed by atoms with Gasteiger partial charge in [-0.15, -0.1) is 0 Å². The van der Waals surface area contributed by atoms with E-state index in [1.165, 1.54) is 0 Å². The van der Waals surface area contributed by atoms with Gasteiger partial charge in [0.1, 0.15) is 0 Å². The highest BCUT2D eigenvalue weighted by Crippen LogP contribution is 2.44. The fraction of sp³-hybridized carbons (Fsp3) is 0.381. The Hall–Kier alpha value is -2.89. The molecular weight excluding hydrogens is 346 g/mol.